The first kappa shape index (κ1) is 14.5. The van der Waals surface area contributed by atoms with Gasteiger partial charge in [0.1, 0.15) is 5.65 Å². The lowest BCUT2D eigenvalue weighted by Crippen LogP contribution is -2.27. The van der Waals surface area contributed by atoms with E-state index in [0.717, 1.165) is 5.39 Å². The molecule has 0 aliphatic rings. The molecule has 0 aromatic carbocycles. The van der Waals surface area contributed by atoms with Crippen LogP contribution in [0.3, 0.4) is 0 Å². The summed E-state index contributed by atoms with van der Waals surface area (Å²) in [6, 6.07) is 1.83. The van der Waals surface area contributed by atoms with Crippen LogP contribution in [0.4, 0.5) is 5.95 Å². The molecule has 0 aliphatic heterocycles. The maximum atomic E-state index is 12.5. The number of ether oxygens (including phenoxy) is 1. The van der Waals surface area contributed by atoms with Crippen LogP contribution in [-0.4, -0.2) is 28.2 Å². The Bertz CT molecular complexity index is 664. The first-order valence-electron chi connectivity index (χ1n) is 6.75. The minimum absolute atomic E-state index is 0.0196. The number of rotatable bonds is 5. The van der Waals surface area contributed by atoms with E-state index in [-0.39, 0.29) is 11.6 Å². The molecule has 2 rings (SSSR count). The fraction of sp³-hybridized carbons (Fsp3) is 0.500. The quantitative estimate of drug-likeness (QED) is 0.904. The van der Waals surface area contributed by atoms with Gasteiger partial charge in [-0.05, 0) is 26.8 Å². The van der Waals surface area contributed by atoms with Crippen molar-refractivity contribution in [1.29, 1.82) is 0 Å². The van der Waals surface area contributed by atoms with E-state index in [2.05, 4.69) is 15.3 Å². The van der Waals surface area contributed by atoms with Crippen molar-refractivity contribution in [1.82, 2.24) is 14.5 Å². The summed E-state index contributed by atoms with van der Waals surface area (Å²) in [5.74, 6) is 0.504. The molecule has 1 N–H and O–H groups in total. The van der Waals surface area contributed by atoms with Crippen LogP contribution >= 0.6 is 0 Å². The van der Waals surface area contributed by atoms with Crippen molar-refractivity contribution in [2.45, 2.75) is 33.4 Å². The molecule has 0 fully saturated rings. The standard InChI is InChI=1S/C14H20N4O2/c1-5-20-8-11-6-10-7-16-14(15-4)17-12(10)18(9(2)3)13(11)19/h6-7,9H,5,8H2,1-4H3,(H,15,16,17). The second kappa shape index (κ2) is 6.00. The summed E-state index contributed by atoms with van der Waals surface area (Å²) in [5, 5.41) is 3.73. The number of hydrogen-bond donors (Lipinski definition) is 1. The van der Waals surface area contributed by atoms with Crippen LogP contribution in [-0.2, 0) is 11.3 Å². The average Bonchev–Trinajstić information content (AvgIpc) is 2.44. The van der Waals surface area contributed by atoms with Crippen LogP contribution in [0.2, 0.25) is 0 Å². The molecule has 0 atom stereocenters. The topological polar surface area (TPSA) is 69.0 Å². The highest BCUT2D eigenvalue weighted by molar-refractivity contribution is 5.76. The number of nitrogens with zero attached hydrogens (tertiary/aromatic N) is 3. The summed E-state index contributed by atoms with van der Waals surface area (Å²) in [6.07, 6.45) is 1.72. The average molecular weight is 276 g/mol. The lowest BCUT2D eigenvalue weighted by Gasteiger charge is -2.15. The molecule has 108 valence electrons. The minimum Gasteiger partial charge on any atom is -0.377 e. The van der Waals surface area contributed by atoms with Crippen LogP contribution in [0.5, 0.6) is 0 Å². The number of fused-ring (bicyclic) bond motifs is 1. The van der Waals surface area contributed by atoms with Gasteiger partial charge in [-0.3, -0.25) is 9.36 Å². The Balaban J connectivity index is 2.70. The van der Waals surface area contributed by atoms with Crippen molar-refractivity contribution in [3.63, 3.8) is 0 Å². The predicted octanol–water partition coefficient (Wildman–Crippen LogP) is 1.95. The second-order valence-corrected chi connectivity index (χ2v) is 4.80. The lowest BCUT2D eigenvalue weighted by molar-refractivity contribution is 0.133. The third kappa shape index (κ3) is 2.65. The van der Waals surface area contributed by atoms with Crippen molar-refractivity contribution in [3.05, 3.63) is 28.2 Å². The van der Waals surface area contributed by atoms with Crippen molar-refractivity contribution < 1.29 is 4.74 Å². The Morgan fingerprint density at radius 1 is 1.45 bits per heavy atom. The zero-order chi connectivity index (χ0) is 14.7. The van der Waals surface area contributed by atoms with Gasteiger partial charge in [-0.1, -0.05) is 0 Å². The summed E-state index contributed by atoms with van der Waals surface area (Å²) in [7, 11) is 1.75. The van der Waals surface area contributed by atoms with Crippen LogP contribution in [0.1, 0.15) is 32.4 Å². The minimum atomic E-state index is -0.0540. The molecule has 0 saturated carbocycles. The largest absolute Gasteiger partial charge is 0.377 e. The molecule has 6 heteroatoms. The highest BCUT2D eigenvalue weighted by Crippen LogP contribution is 2.16. The Labute approximate surface area is 117 Å². The zero-order valence-electron chi connectivity index (χ0n) is 12.3. The van der Waals surface area contributed by atoms with E-state index >= 15 is 0 Å². The maximum Gasteiger partial charge on any atom is 0.257 e. The zero-order valence-corrected chi connectivity index (χ0v) is 12.3. The van der Waals surface area contributed by atoms with Crippen molar-refractivity contribution in [2.75, 3.05) is 19.0 Å². The number of aromatic nitrogens is 3. The van der Waals surface area contributed by atoms with Gasteiger partial charge in [-0.25, -0.2) is 4.98 Å². The van der Waals surface area contributed by atoms with Crippen molar-refractivity contribution in [2.24, 2.45) is 0 Å². The molecule has 0 bridgehead atoms. The Hall–Kier alpha value is -1.95. The van der Waals surface area contributed by atoms with E-state index < -0.39 is 0 Å². The van der Waals surface area contributed by atoms with Gasteiger partial charge in [0.05, 0.1) is 6.61 Å². The monoisotopic (exact) mass is 276 g/mol. The van der Waals surface area contributed by atoms with Gasteiger partial charge in [0.15, 0.2) is 0 Å². The van der Waals surface area contributed by atoms with Crippen molar-refractivity contribution >= 4 is 17.0 Å². The van der Waals surface area contributed by atoms with E-state index in [0.29, 0.717) is 30.4 Å². The normalized spacial score (nSPS) is 11.2. The molecule has 0 radical (unpaired) electrons. The molecule has 6 nitrogen and oxygen atoms in total. The third-order valence-corrected chi connectivity index (χ3v) is 3.05. The van der Waals surface area contributed by atoms with E-state index in [1.54, 1.807) is 17.8 Å². The second-order valence-electron chi connectivity index (χ2n) is 4.80. The van der Waals surface area contributed by atoms with E-state index in [1.807, 2.05) is 26.8 Å². The first-order chi connectivity index (χ1) is 9.58. The van der Waals surface area contributed by atoms with Gasteiger partial charge in [-0.2, -0.15) is 4.98 Å². The summed E-state index contributed by atoms with van der Waals surface area (Å²) in [5.41, 5.74) is 1.22. The molecule has 2 aromatic heterocycles. The molecule has 0 aliphatic carbocycles. The molecular weight excluding hydrogens is 256 g/mol. The fourth-order valence-corrected chi connectivity index (χ4v) is 2.09. The highest BCUT2D eigenvalue weighted by Gasteiger charge is 2.13. The van der Waals surface area contributed by atoms with Gasteiger partial charge in [0, 0.05) is 36.8 Å². The van der Waals surface area contributed by atoms with Gasteiger partial charge >= 0.3 is 0 Å². The smallest absolute Gasteiger partial charge is 0.257 e. The molecule has 0 saturated heterocycles. The molecule has 2 aromatic rings. The number of nitrogens with one attached hydrogen (secondary N) is 1. The molecular formula is C14H20N4O2. The fourth-order valence-electron chi connectivity index (χ4n) is 2.09. The predicted molar refractivity (Wildman–Crippen MR) is 79.1 cm³/mol. The van der Waals surface area contributed by atoms with Crippen molar-refractivity contribution in [3.8, 4) is 0 Å². The molecule has 0 amide bonds. The van der Waals surface area contributed by atoms with Crippen LogP contribution in [0.25, 0.3) is 11.0 Å². The Morgan fingerprint density at radius 3 is 2.80 bits per heavy atom. The third-order valence-electron chi connectivity index (χ3n) is 3.05. The van der Waals surface area contributed by atoms with Gasteiger partial charge in [0.2, 0.25) is 5.95 Å². The van der Waals surface area contributed by atoms with E-state index in [4.69, 9.17) is 4.74 Å². The Morgan fingerprint density at radius 2 is 2.20 bits per heavy atom. The molecule has 2 heterocycles. The highest BCUT2D eigenvalue weighted by atomic mass is 16.5. The van der Waals surface area contributed by atoms with Crippen LogP contribution < -0.4 is 10.9 Å². The summed E-state index contributed by atoms with van der Waals surface area (Å²) in [6.45, 7) is 6.73. The molecule has 20 heavy (non-hydrogen) atoms. The maximum absolute atomic E-state index is 12.5. The van der Waals surface area contributed by atoms with E-state index in [1.165, 1.54) is 0 Å². The molecule has 0 unspecified atom stereocenters. The van der Waals surface area contributed by atoms with Gasteiger partial charge < -0.3 is 10.1 Å². The number of anilines is 1. The molecule has 0 spiro atoms. The number of pyridine rings is 1. The van der Waals surface area contributed by atoms with E-state index in [9.17, 15) is 4.79 Å². The summed E-state index contributed by atoms with van der Waals surface area (Å²) < 4.78 is 7.05. The van der Waals surface area contributed by atoms with Gasteiger partial charge in [-0.15, -0.1) is 0 Å². The number of hydrogen-bond acceptors (Lipinski definition) is 5. The van der Waals surface area contributed by atoms with Crippen LogP contribution in [0, 0.1) is 0 Å². The summed E-state index contributed by atoms with van der Waals surface area (Å²) >= 11 is 0. The first-order valence-corrected chi connectivity index (χ1v) is 6.75. The summed E-state index contributed by atoms with van der Waals surface area (Å²) in [4.78, 5) is 21.1. The van der Waals surface area contributed by atoms with Crippen LogP contribution in [0.15, 0.2) is 17.1 Å². The lowest BCUT2D eigenvalue weighted by atomic mass is 10.2. The Kier molecular flexibility index (Phi) is 4.34. The SMILES string of the molecule is CCOCc1cc2cnc(NC)nc2n(C(C)C)c1=O. The van der Waals surface area contributed by atoms with Gasteiger partial charge in [0.25, 0.3) is 5.56 Å².